The molecule has 1 aromatic rings. The Morgan fingerprint density at radius 3 is 2.61 bits per heavy atom. The number of carbonyl (C=O) groups is 1. The number of nitrogens with one attached hydrogen (secondary N) is 1. The zero-order valence-electron chi connectivity index (χ0n) is 11.8. The number of hydrogen-bond donors (Lipinski definition) is 1. The summed E-state index contributed by atoms with van der Waals surface area (Å²) in [5.41, 5.74) is 2.97. The first kappa shape index (κ1) is 14.5. The van der Waals surface area contributed by atoms with Crippen LogP contribution in [0.3, 0.4) is 0 Å². The van der Waals surface area contributed by atoms with Crippen LogP contribution in [0, 0.1) is 13.8 Å². The summed E-state index contributed by atoms with van der Waals surface area (Å²) >= 11 is 0. The molecule has 0 unspecified atom stereocenters. The molecule has 0 heterocycles. The molecule has 100 valence electrons. The summed E-state index contributed by atoms with van der Waals surface area (Å²) in [7, 11) is 3.40. The first-order valence-electron chi connectivity index (χ1n) is 6.13. The monoisotopic (exact) mass is 250 g/mol. The number of likely N-dealkylation sites (N-methyl/N-ethyl adjacent to an activating group) is 2. The Balaban J connectivity index is 3.04. The maximum Gasteiger partial charge on any atom is 0.240 e. The van der Waals surface area contributed by atoms with E-state index in [1.807, 2.05) is 32.9 Å². The Hall–Kier alpha value is -1.55. The van der Waals surface area contributed by atoms with Crippen molar-refractivity contribution in [3.8, 4) is 5.75 Å². The minimum absolute atomic E-state index is 0.0279. The first-order valence-corrected chi connectivity index (χ1v) is 6.13. The van der Waals surface area contributed by atoms with Crippen LogP contribution >= 0.6 is 0 Å². The minimum atomic E-state index is 0.0279. The van der Waals surface area contributed by atoms with E-state index in [1.54, 1.807) is 19.1 Å². The van der Waals surface area contributed by atoms with Gasteiger partial charge in [-0.3, -0.25) is 4.79 Å². The second kappa shape index (κ2) is 6.40. The van der Waals surface area contributed by atoms with E-state index in [2.05, 4.69) is 5.32 Å². The Labute approximate surface area is 109 Å². The Kier molecular flexibility index (Phi) is 5.16. The highest BCUT2D eigenvalue weighted by atomic mass is 16.5. The molecule has 0 aromatic heterocycles. The molecule has 0 atom stereocenters. The largest absolute Gasteiger partial charge is 0.494 e. The molecule has 0 bridgehead atoms. The predicted molar refractivity (Wildman–Crippen MR) is 74.4 cm³/mol. The molecule has 1 N–H and O–H groups in total. The molecule has 0 saturated carbocycles. The van der Waals surface area contributed by atoms with Gasteiger partial charge in [0.25, 0.3) is 0 Å². The van der Waals surface area contributed by atoms with Crippen LogP contribution in [0.1, 0.15) is 18.1 Å². The third-order valence-corrected chi connectivity index (χ3v) is 2.87. The molecular formula is C14H22N2O2. The van der Waals surface area contributed by atoms with E-state index in [4.69, 9.17) is 4.74 Å². The average Bonchev–Trinajstić information content (AvgIpc) is 2.34. The van der Waals surface area contributed by atoms with Crippen LogP contribution in [0.15, 0.2) is 12.1 Å². The molecule has 0 saturated heterocycles. The van der Waals surface area contributed by atoms with Crippen molar-refractivity contribution in [1.29, 1.82) is 0 Å². The molecule has 4 heteroatoms. The molecule has 18 heavy (non-hydrogen) atoms. The first-order chi connectivity index (χ1) is 8.51. The fraction of sp³-hybridized carbons (Fsp3) is 0.500. The Morgan fingerprint density at radius 1 is 1.39 bits per heavy atom. The number of methoxy groups -OCH3 is 1. The zero-order chi connectivity index (χ0) is 13.7. The maximum atomic E-state index is 12.0. The number of ether oxygens (including phenoxy) is 1. The SMILES string of the molecule is CCNCC(=O)N(C)c1cc(C)cc(C)c1OC. The molecular weight excluding hydrogens is 228 g/mol. The zero-order valence-corrected chi connectivity index (χ0v) is 11.8. The highest BCUT2D eigenvalue weighted by Gasteiger charge is 2.16. The lowest BCUT2D eigenvalue weighted by Crippen LogP contribution is -2.35. The van der Waals surface area contributed by atoms with Gasteiger partial charge in [-0.05, 0) is 37.6 Å². The Morgan fingerprint density at radius 2 is 2.06 bits per heavy atom. The number of nitrogens with zero attached hydrogens (tertiary/aromatic N) is 1. The number of rotatable bonds is 5. The molecule has 1 aromatic carbocycles. The molecule has 0 aliphatic heterocycles. The molecule has 0 aliphatic rings. The molecule has 0 radical (unpaired) electrons. The summed E-state index contributed by atoms with van der Waals surface area (Å²) in [4.78, 5) is 13.6. The minimum Gasteiger partial charge on any atom is -0.494 e. The summed E-state index contributed by atoms with van der Waals surface area (Å²) in [5.74, 6) is 0.785. The van der Waals surface area contributed by atoms with Crippen molar-refractivity contribution in [3.63, 3.8) is 0 Å². The van der Waals surface area contributed by atoms with Crippen LogP contribution in [0.25, 0.3) is 0 Å². The molecule has 0 spiro atoms. The maximum absolute atomic E-state index is 12.0. The van der Waals surface area contributed by atoms with Gasteiger partial charge in [0, 0.05) is 7.05 Å². The average molecular weight is 250 g/mol. The van der Waals surface area contributed by atoms with Crippen LogP contribution in [0.4, 0.5) is 5.69 Å². The van der Waals surface area contributed by atoms with Gasteiger partial charge in [-0.1, -0.05) is 13.0 Å². The summed E-state index contributed by atoms with van der Waals surface area (Å²) in [6, 6.07) is 4.01. The number of benzene rings is 1. The fourth-order valence-corrected chi connectivity index (χ4v) is 1.93. The summed E-state index contributed by atoms with van der Waals surface area (Å²) in [5, 5.41) is 3.03. The van der Waals surface area contributed by atoms with Gasteiger partial charge >= 0.3 is 0 Å². The van der Waals surface area contributed by atoms with Gasteiger partial charge in [0.15, 0.2) is 0 Å². The lowest BCUT2D eigenvalue weighted by atomic mass is 10.1. The topological polar surface area (TPSA) is 41.6 Å². The van der Waals surface area contributed by atoms with Crippen LogP contribution in [0.2, 0.25) is 0 Å². The van der Waals surface area contributed by atoms with Gasteiger partial charge in [0.05, 0.1) is 19.3 Å². The molecule has 1 rings (SSSR count). The van der Waals surface area contributed by atoms with Crippen molar-refractivity contribution in [3.05, 3.63) is 23.3 Å². The van der Waals surface area contributed by atoms with Crippen molar-refractivity contribution < 1.29 is 9.53 Å². The van der Waals surface area contributed by atoms with Gasteiger partial charge in [0.2, 0.25) is 5.91 Å². The normalized spacial score (nSPS) is 10.3. The van der Waals surface area contributed by atoms with Crippen LogP contribution in [-0.2, 0) is 4.79 Å². The molecule has 0 aliphatic carbocycles. The second-order valence-electron chi connectivity index (χ2n) is 4.37. The fourth-order valence-electron chi connectivity index (χ4n) is 1.93. The van der Waals surface area contributed by atoms with Crippen molar-refractivity contribution >= 4 is 11.6 Å². The van der Waals surface area contributed by atoms with E-state index in [-0.39, 0.29) is 5.91 Å². The van der Waals surface area contributed by atoms with Gasteiger partial charge in [-0.2, -0.15) is 0 Å². The highest BCUT2D eigenvalue weighted by molar-refractivity contribution is 5.96. The van der Waals surface area contributed by atoms with Gasteiger partial charge < -0.3 is 15.0 Å². The lowest BCUT2D eigenvalue weighted by Gasteiger charge is -2.22. The number of carbonyl (C=O) groups excluding carboxylic acids is 1. The molecule has 0 fully saturated rings. The van der Waals surface area contributed by atoms with E-state index in [0.717, 1.165) is 29.1 Å². The quantitative estimate of drug-likeness (QED) is 0.867. The second-order valence-corrected chi connectivity index (χ2v) is 4.37. The predicted octanol–water partition coefficient (Wildman–Crippen LogP) is 1.88. The van der Waals surface area contributed by atoms with Crippen molar-refractivity contribution in [2.75, 3.05) is 32.1 Å². The summed E-state index contributed by atoms with van der Waals surface area (Å²) in [6.45, 7) is 7.09. The third kappa shape index (κ3) is 3.23. The van der Waals surface area contributed by atoms with Crippen LogP contribution in [-0.4, -0.2) is 33.2 Å². The van der Waals surface area contributed by atoms with Crippen LogP contribution < -0.4 is 15.0 Å². The third-order valence-electron chi connectivity index (χ3n) is 2.87. The van der Waals surface area contributed by atoms with Gasteiger partial charge in [0.1, 0.15) is 5.75 Å². The van der Waals surface area contributed by atoms with E-state index < -0.39 is 0 Å². The van der Waals surface area contributed by atoms with Crippen molar-refractivity contribution in [2.45, 2.75) is 20.8 Å². The Bertz CT molecular complexity index is 430. The lowest BCUT2D eigenvalue weighted by molar-refractivity contribution is -0.117. The molecule has 4 nitrogen and oxygen atoms in total. The number of anilines is 1. The van der Waals surface area contributed by atoms with E-state index in [1.165, 1.54) is 0 Å². The van der Waals surface area contributed by atoms with Gasteiger partial charge in [-0.25, -0.2) is 0 Å². The van der Waals surface area contributed by atoms with E-state index in [9.17, 15) is 4.79 Å². The van der Waals surface area contributed by atoms with E-state index in [0.29, 0.717) is 6.54 Å². The highest BCUT2D eigenvalue weighted by Crippen LogP contribution is 2.32. The van der Waals surface area contributed by atoms with Crippen molar-refractivity contribution in [2.24, 2.45) is 0 Å². The van der Waals surface area contributed by atoms with E-state index >= 15 is 0 Å². The number of aryl methyl sites for hydroxylation is 2. The summed E-state index contributed by atoms with van der Waals surface area (Å²) in [6.07, 6.45) is 0. The number of hydrogen-bond acceptors (Lipinski definition) is 3. The van der Waals surface area contributed by atoms with Crippen molar-refractivity contribution in [1.82, 2.24) is 5.32 Å². The standard InChI is InChI=1S/C14H22N2O2/c1-6-15-9-13(17)16(4)12-8-10(2)7-11(3)14(12)18-5/h7-8,15H,6,9H2,1-5H3. The van der Waals surface area contributed by atoms with Gasteiger partial charge in [-0.15, -0.1) is 0 Å². The summed E-state index contributed by atoms with van der Waals surface area (Å²) < 4.78 is 5.39. The smallest absolute Gasteiger partial charge is 0.240 e. The number of amides is 1. The molecule has 1 amide bonds. The van der Waals surface area contributed by atoms with Crippen LogP contribution in [0.5, 0.6) is 5.75 Å².